The molecule has 1 heterocycles. The Balaban J connectivity index is 1.67. The van der Waals surface area contributed by atoms with E-state index in [1.165, 1.54) is 30.3 Å². The molecule has 0 radical (unpaired) electrons. The van der Waals surface area contributed by atoms with Gasteiger partial charge in [0.25, 0.3) is 15.9 Å². The molecule has 37 heavy (non-hydrogen) atoms. The van der Waals surface area contributed by atoms with Gasteiger partial charge >= 0.3 is 17.9 Å². The number of anilines is 2. The van der Waals surface area contributed by atoms with E-state index in [0.29, 0.717) is 0 Å². The largest absolute Gasteiger partial charge is 0.507 e. The second kappa shape index (κ2) is 11.5. The Labute approximate surface area is 214 Å². The minimum Gasteiger partial charge on any atom is -0.507 e. The van der Waals surface area contributed by atoms with Gasteiger partial charge in [0.05, 0.1) is 36.7 Å². The lowest BCUT2D eigenvalue weighted by Crippen LogP contribution is -2.22. The van der Waals surface area contributed by atoms with E-state index in [4.69, 9.17) is 4.74 Å². The monoisotopic (exact) mass is 548 g/mol. The maximum Gasteiger partial charge on any atom is 0.342 e. The number of phenols is 1. The molecule has 0 aliphatic rings. The van der Waals surface area contributed by atoms with E-state index in [9.17, 15) is 32.7 Å². The van der Waals surface area contributed by atoms with Gasteiger partial charge in [0.2, 0.25) is 0 Å². The zero-order chi connectivity index (χ0) is 27.2. The van der Waals surface area contributed by atoms with Crippen LogP contribution in [0.5, 0.6) is 5.75 Å². The van der Waals surface area contributed by atoms with Gasteiger partial charge in [-0.2, -0.15) is 0 Å². The van der Waals surface area contributed by atoms with Crippen molar-refractivity contribution in [2.75, 3.05) is 30.9 Å². The normalized spacial score (nSPS) is 10.8. The molecule has 3 aromatic rings. The van der Waals surface area contributed by atoms with Gasteiger partial charge in [-0.05, 0) is 41.8 Å². The molecule has 0 spiro atoms. The number of carbonyl (C=O) groups is 4. The quantitative estimate of drug-likeness (QED) is 0.266. The van der Waals surface area contributed by atoms with Gasteiger partial charge in [-0.1, -0.05) is 6.07 Å². The smallest absolute Gasteiger partial charge is 0.342 e. The number of ether oxygens (including phenoxy) is 3. The molecule has 3 rings (SSSR count). The van der Waals surface area contributed by atoms with Crippen LogP contribution in [0.3, 0.4) is 0 Å². The third-order valence-corrected chi connectivity index (χ3v) is 7.46. The summed E-state index contributed by atoms with van der Waals surface area (Å²) in [5.74, 6) is -4.02. The van der Waals surface area contributed by atoms with Crippen LogP contribution in [0, 0.1) is 0 Å². The molecule has 0 saturated carbocycles. The molecule has 0 aliphatic carbocycles. The maximum absolute atomic E-state index is 12.4. The van der Waals surface area contributed by atoms with Gasteiger partial charge in [0.15, 0.2) is 6.61 Å². The van der Waals surface area contributed by atoms with Crippen molar-refractivity contribution in [2.45, 2.75) is 4.21 Å². The highest BCUT2D eigenvalue weighted by atomic mass is 32.2. The van der Waals surface area contributed by atoms with Crippen molar-refractivity contribution >= 4 is 56.5 Å². The number of carbonyl (C=O) groups excluding carboxylic acids is 4. The van der Waals surface area contributed by atoms with E-state index in [1.54, 1.807) is 11.4 Å². The topological polar surface area (TPSA) is 174 Å². The zero-order valence-corrected chi connectivity index (χ0v) is 21.0. The predicted molar refractivity (Wildman–Crippen MR) is 131 cm³/mol. The van der Waals surface area contributed by atoms with Crippen molar-refractivity contribution in [1.29, 1.82) is 0 Å². The van der Waals surface area contributed by atoms with E-state index in [0.717, 1.165) is 37.7 Å². The summed E-state index contributed by atoms with van der Waals surface area (Å²) in [4.78, 5) is 48.5. The molecule has 0 fully saturated rings. The first-order valence-electron chi connectivity index (χ1n) is 10.2. The molecule has 3 N–H and O–H groups in total. The minimum atomic E-state index is -3.87. The first-order valence-corrected chi connectivity index (χ1v) is 12.6. The summed E-state index contributed by atoms with van der Waals surface area (Å²) in [6.45, 7) is -0.811. The first kappa shape index (κ1) is 27.2. The number of sulfonamides is 1. The summed E-state index contributed by atoms with van der Waals surface area (Å²) in [6.07, 6.45) is 0. The van der Waals surface area contributed by atoms with E-state index < -0.39 is 46.2 Å². The molecule has 0 atom stereocenters. The molecule has 14 heteroatoms. The summed E-state index contributed by atoms with van der Waals surface area (Å²) >= 11 is 1.00. The molecule has 194 valence electrons. The highest BCUT2D eigenvalue weighted by molar-refractivity contribution is 7.94. The number of amides is 1. The fourth-order valence-electron chi connectivity index (χ4n) is 2.97. The van der Waals surface area contributed by atoms with Crippen LogP contribution >= 0.6 is 11.3 Å². The lowest BCUT2D eigenvalue weighted by molar-refractivity contribution is -0.119. The Morgan fingerprint density at radius 3 is 2.24 bits per heavy atom. The molecule has 1 aromatic heterocycles. The Morgan fingerprint density at radius 1 is 0.919 bits per heavy atom. The average Bonchev–Trinajstić information content (AvgIpc) is 3.42. The fourth-order valence-corrected chi connectivity index (χ4v) is 5.01. The minimum absolute atomic E-state index is 0.000945. The standard InChI is InChI=1S/C23H20N2O10S2/c1-33-21(28)13-5-7-15(22(29)34-2)17(10-13)24-19(27)12-35-23(30)16-8-6-14(11-18(16)26)25-37(31,32)20-4-3-9-36-20/h3-11,25-26H,12H2,1-2H3,(H,24,27). The van der Waals surface area contributed by atoms with E-state index >= 15 is 0 Å². The average molecular weight is 549 g/mol. The van der Waals surface area contributed by atoms with E-state index in [1.807, 2.05) is 0 Å². The van der Waals surface area contributed by atoms with Gasteiger partial charge in [0, 0.05) is 6.07 Å². The van der Waals surface area contributed by atoms with Crippen LogP contribution < -0.4 is 10.0 Å². The number of aromatic hydroxyl groups is 1. The summed E-state index contributed by atoms with van der Waals surface area (Å²) in [5.41, 5.74) is -0.424. The van der Waals surface area contributed by atoms with Crippen molar-refractivity contribution in [3.63, 3.8) is 0 Å². The number of hydrogen-bond acceptors (Lipinski definition) is 11. The molecule has 12 nitrogen and oxygen atoms in total. The SMILES string of the molecule is COC(=O)c1ccc(C(=O)OC)c(NC(=O)COC(=O)c2ccc(NS(=O)(=O)c3cccs3)cc2O)c1. The molecule has 0 aliphatic heterocycles. The summed E-state index contributed by atoms with van der Waals surface area (Å²) in [5, 5.41) is 14.1. The van der Waals surface area contributed by atoms with E-state index in [-0.39, 0.29) is 32.3 Å². The van der Waals surface area contributed by atoms with Crippen LogP contribution in [0.1, 0.15) is 31.1 Å². The third-order valence-electron chi connectivity index (χ3n) is 4.68. The molecule has 1 amide bonds. The fraction of sp³-hybridized carbons (Fsp3) is 0.130. The molecule has 0 saturated heterocycles. The van der Waals surface area contributed by atoms with Crippen molar-refractivity contribution < 1.29 is 46.9 Å². The number of hydrogen-bond donors (Lipinski definition) is 3. The summed E-state index contributed by atoms with van der Waals surface area (Å²) in [6, 6.07) is 10.1. The maximum atomic E-state index is 12.4. The second-order valence-electron chi connectivity index (χ2n) is 7.14. The van der Waals surface area contributed by atoms with E-state index in [2.05, 4.69) is 19.5 Å². The van der Waals surface area contributed by atoms with Crippen LogP contribution in [-0.4, -0.2) is 58.2 Å². The Kier molecular flexibility index (Phi) is 8.47. The molecule has 2 aromatic carbocycles. The van der Waals surface area contributed by atoms with Crippen LogP contribution in [0.15, 0.2) is 58.1 Å². The predicted octanol–water partition coefficient (Wildman–Crippen LogP) is 2.62. The van der Waals surface area contributed by atoms with Crippen LogP contribution in [0.4, 0.5) is 11.4 Å². The van der Waals surface area contributed by atoms with Crippen LogP contribution in [0.2, 0.25) is 0 Å². The van der Waals surface area contributed by atoms with Crippen LogP contribution in [0.25, 0.3) is 0 Å². The van der Waals surface area contributed by atoms with Crippen molar-refractivity contribution in [3.05, 3.63) is 70.6 Å². The first-order chi connectivity index (χ1) is 17.6. The summed E-state index contributed by atoms with van der Waals surface area (Å²) in [7, 11) is -1.57. The lowest BCUT2D eigenvalue weighted by Gasteiger charge is -2.12. The van der Waals surface area contributed by atoms with Gasteiger partial charge in [-0.15, -0.1) is 11.3 Å². The third kappa shape index (κ3) is 6.62. The number of esters is 3. The van der Waals surface area contributed by atoms with Gasteiger partial charge in [0.1, 0.15) is 15.5 Å². The Bertz CT molecular complexity index is 1450. The van der Waals surface area contributed by atoms with Gasteiger partial charge in [-0.25, -0.2) is 22.8 Å². The highest BCUT2D eigenvalue weighted by Crippen LogP contribution is 2.26. The Morgan fingerprint density at radius 2 is 1.62 bits per heavy atom. The molecular formula is C23H20N2O10S2. The lowest BCUT2D eigenvalue weighted by atomic mass is 10.1. The summed E-state index contributed by atoms with van der Waals surface area (Å²) < 4.78 is 41.1. The number of benzene rings is 2. The Hall–Kier alpha value is -4.43. The molecule has 0 bridgehead atoms. The number of nitrogens with one attached hydrogen (secondary N) is 2. The van der Waals surface area contributed by atoms with Gasteiger partial charge in [-0.3, -0.25) is 9.52 Å². The van der Waals surface area contributed by atoms with Crippen LogP contribution in [-0.2, 0) is 29.0 Å². The highest BCUT2D eigenvalue weighted by Gasteiger charge is 2.21. The second-order valence-corrected chi connectivity index (χ2v) is 9.99. The number of phenolic OH excluding ortho intramolecular Hbond substituents is 1. The number of rotatable bonds is 9. The van der Waals surface area contributed by atoms with Crippen molar-refractivity contribution in [2.24, 2.45) is 0 Å². The molecule has 0 unspecified atom stereocenters. The van der Waals surface area contributed by atoms with Crippen molar-refractivity contribution in [1.82, 2.24) is 0 Å². The molecular weight excluding hydrogens is 528 g/mol. The van der Waals surface area contributed by atoms with Crippen molar-refractivity contribution in [3.8, 4) is 5.75 Å². The number of methoxy groups -OCH3 is 2. The number of thiophene rings is 1. The zero-order valence-electron chi connectivity index (χ0n) is 19.3. The van der Waals surface area contributed by atoms with Gasteiger partial charge < -0.3 is 24.6 Å².